The van der Waals surface area contributed by atoms with Crippen molar-refractivity contribution in [3.8, 4) is 0 Å². The number of aromatic nitrogens is 2. The highest BCUT2D eigenvalue weighted by atomic mass is 16.5. The second-order valence-electron chi connectivity index (χ2n) is 5.85. The number of hydrogen-bond donors (Lipinski definition) is 1. The van der Waals surface area contributed by atoms with Gasteiger partial charge in [-0.15, -0.1) is 0 Å². The predicted octanol–water partition coefficient (Wildman–Crippen LogP) is 2.05. The fourth-order valence-electron chi connectivity index (χ4n) is 2.34. The highest BCUT2D eigenvalue weighted by Gasteiger charge is 2.34. The molecule has 2 rings (SSSR count). The van der Waals surface area contributed by atoms with Gasteiger partial charge in [-0.25, -0.2) is 4.74 Å². The monoisotopic (exact) mass is 329 g/mol. The molecule has 0 aliphatic carbocycles. The normalized spacial score (nSPS) is 14.0. The first-order valence-electron chi connectivity index (χ1n) is 7.89. The van der Waals surface area contributed by atoms with Gasteiger partial charge >= 0.3 is 12.5 Å². The fourth-order valence-corrected chi connectivity index (χ4v) is 2.34. The van der Waals surface area contributed by atoms with Crippen LogP contribution in [0, 0.1) is 5.92 Å². The summed E-state index contributed by atoms with van der Waals surface area (Å²) in [6.45, 7) is 3.98. The maximum absolute atomic E-state index is 12.7. The SMILES string of the molecule is CC(C)CC(=O)C(OC(C=NO)[n+]1ccccc1)[n+]1ccccc1. The van der Waals surface area contributed by atoms with Crippen molar-refractivity contribution in [1.29, 1.82) is 0 Å². The Morgan fingerprint density at radius 3 is 2.08 bits per heavy atom. The Labute approximate surface area is 141 Å². The van der Waals surface area contributed by atoms with E-state index in [0.29, 0.717) is 6.42 Å². The third-order valence-electron chi connectivity index (χ3n) is 3.39. The molecule has 0 saturated heterocycles. The van der Waals surface area contributed by atoms with Gasteiger partial charge in [-0.3, -0.25) is 4.79 Å². The van der Waals surface area contributed by atoms with Crippen LogP contribution in [0.25, 0.3) is 0 Å². The lowest BCUT2D eigenvalue weighted by Crippen LogP contribution is -2.50. The van der Waals surface area contributed by atoms with Crippen molar-refractivity contribution in [2.75, 3.05) is 0 Å². The van der Waals surface area contributed by atoms with E-state index in [1.807, 2.05) is 50.2 Å². The lowest BCUT2D eigenvalue weighted by molar-refractivity contribution is -0.803. The van der Waals surface area contributed by atoms with E-state index in [1.165, 1.54) is 6.21 Å². The van der Waals surface area contributed by atoms with Crippen molar-refractivity contribution in [1.82, 2.24) is 0 Å². The first-order chi connectivity index (χ1) is 11.6. The Morgan fingerprint density at radius 1 is 1.04 bits per heavy atom. The quantitative estimate of drug-likeness (QED) is 0.349. The van der Waals surface area contributed by atoms with E-state index in [9.17, 15) is 4.79 Å². The Morgan fingerprint density at radius 2 is 1.58 bits per heavy atom. The standard InChI is InChI=1S/C18H22N3O3/c1-15(2)13-16(22)18(21-11-7-4-8-12-21)24-17(14-19-23)20-9-5-3-6-10-20/h3-12,14-15,17-18H,13H2,1-2H3/q+1/p+1. The predicted molar refractivity (Wildman–Crippen MR) is 87.2 cm³/mol. The molecule has 24 heavy (non-hydrogen) atoms. The summed E-state index contributed by atoms with van der Waals surface area (Å²) >= 11 is 0. The summed E-state index contributed by atoms with van der Waals surface area (Å²) < 4.78 is 9.43. The number of carbonyl (C=O) groups is 1. The Bertz CT molecular complexity index is 660. The number of ether oxygens (including phenoxy) is 1. The average molecular weight is 329 g/mol. The summed E-state index contributed by atoms with van der Waals surface area (Å²) in [5, 5.41) is 12.0. The molecule has 2 atom stereocenters. The van der Waals surface area contributed by atoms with Crippen molar-refractivity contribution in [3.05, 3.63) is 61.2 Å². The largest absolute Gasteiger partial charge is 0.411 e. The molecule has 0 bridgehead atoms. The second kappa shape index (κ2) is 8.88. The Kier molecular flexibility index (Phi) is 6.57. The van der Waals surface area contributed by atoms with E-state index in [-0.39, 0.29) is 11.7 Å². The molecule has 0 saturated carbocycles. The van der Waals surface area contributed by atoms with Gasteiger partial charge in [-0.1, -0.05) is 31.1 Å². The molecule has 2 heterocycles. The highest BCUT2D eigenvalue weighted by molar-refractivity contribution is 5.80. The first kappa shape index (κ1) is 17.7. The number of oxime groups is 1. The molecule has 2 unspecified atom stereocenters. The fraction of sp³-hybridized carbons (Fsp3) is 0.333. The summed E-state index contributed by atoms with van der Waals surface area (Å²) in [5.41, 5.74) is 0. The number of carbonyl (C=O) groups excluding carboxylic acids is 1. The number of rotatable bonds is 8. The van der Waals surface area contributed by atoms with Gasteiger partial charge in [-0.2, -0.15) is 9.13 Å². The summed E-state index contributed by atoms with van der Waals surface area (Å²) in [6.07, 6.45) is 7.28. The van der Waals surface area contributed by atoms with Crippen molar-refractivity contribution >= 4 is 12.0 Å². The van der Waals surface area contributed by atoms with E-state index in [4.69, 9.17) is 9.94 Å². The summed E-state index contributed by atoms with van der Waals surface area (Å²) in [5.74, 6) is 0.191. The van der Waals surface area contributed by atoms with Crippen molar-refractivity contribution < 1.29 is 23.9 Å². The minimum absolute atomic E-state index is 0.0333. The van der Waals surface area contributed by atoms with Gasteiger partial charge in [0.05, 0.1) is 0 Å². The zero-order chi connectivity index (χ0) is 17.4. The van der Waals surface area contributed by atoms with Crippen LogP contribution in [0.5, 0.6) is 0 Å². The number of hydrogen-bond acceptors (Lipinski definition) is 4. The van der Waals surface area contributed by atoms with Gasteiger partial charge in [0.1, 0.15) is 6.21 Å². The molecule has 0 aliphatic rings. The molecular weight excluding hydrogens is 306 g/mol. The number of nitrogens with zero attached hydrogens (tertiary/aromatic N) is 3. The molecule has 2 aromatic heterocycles. The van der Waals surface area contributed by atoms with Gasteiger partial charge in [0.25, 0.3) is 0 Å². The minimum Gasteiger partial charge on any atom is -0.411 e. The third-order valence-corrected chi connectivity index (χ3v) is 3.39. The van der Waals surface area contributed by atoms with Crippen LogP contribution in [0.15, 0.2) is 66.3 Å². The molecule has 0 fully saturated rings. The maximum atomic E-state index is 12.7. The molecule has 2 aromatic rings. The van der Waals surface area contributed by atoms with Crippen LogP contribution in [0.4, 0.5) is 0 Å². The van der Waals surface area contributed by atoms with Crippen LogP contribution in [0.3, 0.4) is 0 Å². The van der Waals surface area contributed by atoms with E-state index in [2.05, 4.69) is 5.16 Å². The topological polar surface area (TPSA) is 66.7 Å². The summed E-state index contributed by atoms with van der Waals surface area (Å²) in [6, 6.07) is 11.1. The smallest absolute Gasteiger partial charge is 0.328 e. The summed E-state index contributed by atoms with van der Waals surface area (Å²) in [7, 11) is 0. The Balaban J connectivity index is 2.30. The highest BCUT2D eigenvalue weighted by Crippen LogP contribution is 2.14. The van der Waals surface area contributed by atoms with E-state index < -0.39 is 12.5 Å². The number of Topliss-reactive ketones (excluding diaryl/α,β-unsaturated/α-hetero) is 1. The van der Waals surface area contributed by atoms with Crippen LogP contribution in [-0.4, -0.2) is 17.2 Å². The molecule has 1 N–H and O–H groups in total. The van der Waals surface area contributed by atoms with E-state index in [1.54, 1.807) is 33.9 Å². The maximum Gasteiger partial charge on any atom is 0.328 e. The van der Waals surface area contributed by atoms with Gasteiger partial charge in [0.2, 0.25) is 5.78 Å². The summed E-state index contributed by atoms with van der Waals surface area (Å²) in [4.78, 5) is 12.7. The number of ketones is 1. The van der Waals surface area contributed by atoms with Gasteiger partial charge < -0.3 is 5.21 Å². The third kappa shape index (κ3) is 4.96. The van der Waals surface area contributed by atoms with Gasteiger partial charge in [0.15, 0.2) is 24.8 Å². The van der Waals surface area contributed by atoms with Crippen molar-refractivity contribution in [2.45, 2.75) is 32.7 Å². The molecule has 6 nitrogen and oxygen atoms in total. The molecule has 0 aromatic carbocycles. The molecule has 0 spiro atoms. The average Bonchev–Trinajstić information content (AvgIpc) is 2.59. The molecular formula is C18H23N3O3+2. The lowest BCUT2D eigenvalue weighted by Gasteiger charge is -2.15. The van der Waals surface area contributed by atoms with Gasteiger partial charge in [-0.05, 0) is 5.92 Å². The van der Waals surface area contributed by atoms with Crippen LogP contribution in [0.1, 0.15) is 32.7 Å². The van der Waals surface area contributed by atoms with Crippen molar-refractivity contribution in [2.24, 2.45) is 11.1 Å². The zero-order valence-electron chi connectivity index (χ0n) is 13.9. The first-order valence-corrected chi connectivity index (χ1v) is 7.89. The van der Waals surface area contributed by atoms with Crippen LogP contribution in [0.2, 0.25) is 0 Å². The lowest BCUT2D eigenvalue weighted by atomic mass is 10.1. The Hall–Kier alpha value is -2.60. The number of pyridine rings is 2. The van der Waals surface area contributed by atoms with Gasteiger partial charge in [0, 0.05) is 30.7 Å². The molecule has 0 amide bonds. The van der Waals surface area contributed by atoms with Crippen LogP contribution < -0.4 is 9.13 Å². The molecule has 6 heteroatoms. The van der Waals surface area contributed by atoms with Crippen molar-refractivity contribution in [3.63, 3.8) is 0 Å². The van der Waals surface area contributed by atoms with E-state index in [0.717, 1.165) is 0 Å². The van der Waals surface area contributed by atoms with Crippen LogP contribution >= 0.6 is 0 Å². The zero-order valence-corrected chi connectivity index (χ0v) is 13.9. The van der Waals surface area contributed by atoms with Crippen LogP contribution in [-0.2, 0) is 9.53 Å². The minimum atomic E-state index is -0.802. The molecule has 126 valence electrons. The molecule has 0 aliphatic heterocycles. The molecule has 0 radical (unpaired) electrons. The second-order valence-corrected chi connectivity index (χ2v) is 5.85. The van der Waals surface area contributed by atoms with E-state index >= 15 is 0 Å².